The van der Waals surface area contributed by atoms with Crippen LogP contribution in [0.4, 0.5) is 0 Å². The van der Waals surface area contributed by atoms with E-state index in [9.17, 15) is 0 Å². The average molecular weight is 831 g/mol. The second kappa shape index (κ2) is 21.6. The Balaban J connectivity index is 0.000000189. The first-order valence-electron chi connectivity index (χ1n) is 20.7. The van der Waals surface area contributed by atoms with Crippen molar-refractivity contribution in [2.75, 3.05) is 28.2 Å². The normalized spacial score (nSPS) is 20.2. The zero-order valence-corrected chi connectivity index (χ0v) is 37.1. The smallest absolute Gasteiger partial charge is 0.0376 e. The van der Waals surface area contributed by atoms with E-state index in [4.69, 9.17) is 0 Å². The summed E-state index contributed by atoms with van der Waals surface area (Å²) in [6.07, 6.45) is 7.98. The van der Waals surface area contributed by atoms with Crippen LogP contribution in [-0.2, 0) is 17.1 Å². The molecule has 5 heteroatoms. The molecule has 2 nitrogen and oxygen atoms in total. The van der Waals surface area contributed by atoms with Crippen molar-refractivity contribution in [2.24, 2.45) is 11.8 Å². The molecule has 6 atom stereocenters. The molecule has 0 heterocycles. The van der Waals surface area contributed by atoms with Crippen LogP contribution in [0.1, 0.15) is 61.7 Å². The molecule has 0 amide bonds. The number of nitrogens with zero attached hydrogens (tertiary/aromatic N) is 2. The van der Waals surface area contributed by atoms with Crippen LogP contribution in [0.15, 0.2) is 182 Å². The summed E-state index contributed by atoms with van der Waals surface area (Å²) in [6.45, 7) is 0. The first-order chi connectivity index (χ1) is 27.5. The second-order valence-electron chi connectivity index (χ2n) is 16.0. The Kier molecular flexibility index (Phi) is 16.4. The monoisotopic (exact) mass is 830 g/mol. The Morgan fingerprint density at radius 2 is 0.614 bits per heavy atom. The molecule has 2 aliphatic rings. The number of hydrogen-bond acceptors (Lipinski definition) is 2. The van der Waals surface area contributed by atoms with E-state index in [0.717, 1.165) is 0 Å². The van der Waals surface area contributed by atoms with Gasteiger partial charge in [-0.15, -0.1) is 0 Å². The molecule has 2 aliphatic carbocycles. The molecular weight excluding hydrogens is 770 g/mol. The molecule has 296 valence electrons. The van der Waals surface area contributed by atoms with E-state index in [0.29, 0.717) is 35.2 Å². The maximum atomic E-state index is 2.45. The van der Waals surface area contributed by atoms with Gasteiger partial charge in [-0.05, 0) is 125 Å². The fraction of sp³-hybridized carbons (Fsp3) is 0.308. The van der Waals surface area contributed by atoms with Gasteiger partial charge in [0.05, 0.1) is 0 Å². The van der Waals surface area contributed by atoms with Gasteiger partial charge in [-0.25, -0.2) is 0 Å². The Hall–Kier alpha value is -3.38. The Morgan fingerprint density at radius 3 is 0.860 bits per heavy atom. The SMILES string of the molecule is CN(C)[C@@H](c1ccccc1)C1CCCC1P(c1ccccc1)c1ccccc1.CN(C)[C@@H](c1ccccc1)C1CCCC1P(c1ccccc1)c1ccccc1.[Fe]. The van der Waals surface area contributed by atoms with Gasteiger partial charge < -0.3 is 9.80 Å². The summed E-state index contributed by atoms with van der Waals surface area (Å²) < 4.78 is 0. The van der Waals surface area contributed by atoms with E-state index in [1.807, 2.05) is 0 Å². The number of rotatable bonds is 12. The first kappa shape index (κ1) is 43.2. The topological polar surface area (TPSA) is 6.48 Å². The van der Waals surface area contributed by atoms with E-state index in [2.05, 4.69) is 220 Å². The van der Waals surface area contributed by atoms with Gasteiger partial charge in [0.25, 0.3) is 0 Å². The van der Waals surface area contributed by atoms with E-state index in [1.54, 1.807) is 0 Å². The number of benzene rings is 6. The summed E-state index contributed by atoms with van der Waals surface area (Å²) in [6, 6.07) is 68.2. The van der Waals surface area contributed by atoms with E-state index in [1.165, 1.54) is 70.9 Å². The van der Waals surface area contributed by atoms with Crippen molar-refractivity contribution in [1.29, 1.82) is 0 Å². The van der Waals surface area contributed by atoms with E-state index < -0.39 is 0 Å². The van der Waals surface area contributed by atoms with Crippen LogP contribution in [0.5, 0.6) is 0 Å². The van der Waals surface area contributed by atoms with Gasteiger partial charge in [0.1, 0.15) is 0 Å². The first-order valence-corrected chi connectivity index (χ1v) is 23.5. The molecule has 57 heavy (non-hydrogen) atoms. The Bertz CT molecular complexity index is 1770. The quantitative estimate of drug-likeness (QED) is 0.0895. The number of hydrogen-bond donors (Lipinski definition) is 0. The van der Waals surface area contributed by atoms with Gasteiger partial charge in [-0.3, -0.25) is 0 Å². The minimum atomic E-state index is -0.366. The summed E-state index contributed by atoms with van der Waals surface area (Å²) in [5.41, 5.74) is 4.35. The summed E-state index contributed by atoms with van der Waals surface area (Å²) in [5, 5.41) is 6.08. The molecule has 8 rings (SSSR count). The van der Waals surface area contributed by atoms with Crippen LogP contribution < -0.4 is 21.2 Å². The second-order valence-corrected chi connectivity index (χ2v) is 20.9. The third kappa shape index (κ3) is 10.6. The van der Waals surface area contributed by atoms with Crippen LogP contribution in [0.25, 0.3) is 0 Å². The fourth-order valence-corrected chi connectivity index (χ4v) is 16.3. The van der Waals surface area contributed by atoms with E-state index >= 15 is 0 Å². The standard InChI is InChI=1S/2C26H30NP.Fe/c2*1-27(2)26(21-13-6-3-7-14-21)24-19-12-20-25(24)28(22-15-8-4-9-16-22)23-17-10-5-11-18-23;/h2*3-11,13-18,24-26H,12,19-20H2,1-2H3;/t2*24?,25?,26-;/m00./s1. The molecule has 2 saturated carbocycles. The molecule has 0 N–H and O–H groups in total. The third-order valence-corrected chi connectivity index (χ3v) is 18.1. The van der Waals surface area contributed by atoms with E-state index in [-0.39, 0.29) is 32.9 Å². The maximum Gasteiger partial charge on any atom is 0.0376 e. The van der Waals surface area contributed by atoms with Crippen LogP contribution in [0.3, 0.4) is 0 Å². The third-order valence-electron chi connectivity index (χ3n) is 12.1. The van der Waals surface area contributed by atoms with Crippen molar-refractivity contribution in [2.45, 2.75) is 61.9 Å². The predicted molar refractivity (Wildman–Crippen MR) is 246 cm³/mol. The van der Waals surface area contributed by atoms with Crippen LogP contribution in [-0.4, -0.2) is 49.3 Å². The summed E-state index contributed by atoms with van der Waals surface area (Å²) in [4.78, 5) is 4.89. The van der Waals surface area contributed by atoms with Crippen LogP contribution in [0, 0.1) is 11.8 Å². The molecule has 0 aliphatic heterocycles. The van der Waals surface area contributed by atoms with Crippen molar-refractivity contribution >= 4 is 37.1 Å². The van der Waals surface area contributed by atoms with Gasteiger partial charge >= 0.3 is 0 Å². The van der Waals surface area contributed by atoms with Gasteiger partial charge in [-0.1, -0.05) is 195 Å². The predicted octanol–water partition coefficient (Wildman–Crippen LogP) is 11.2. The minimum Gasteiger partial charge on any atom is -0.302 e. The molecule has 2 fully saturated rings. The van der Waals surface area contributed by atoms with Crippen molar-refractivity contribution in [1.82, 2.24) is 9.80 Å². The summed E-state index contributed by atoms with van der Waals surface area (Å²) >= 11 is 0. The summed E-state index contributed by atoms with van der Waals surface area (Å²) in [5.74, 6) is 1.37. The minimum absolute atomic E-state index is 0. The molecule has 0 aromatic heterocycles. The Labute approximate surface area is 357 Å². The summed E-state index contributed by atoms with van der Waals surface area (Å²) in [7, 11) is 8.27. The van der Waals surface area contributed by atoms with Crippen molar-refractivity contribution in [3.63, 3.8) is 0 Å². The van der Waals surface area contributed by atoms with Gasteiger partial charge in [0, 0.05) is 29.2 Å². The molecular formula is C52H60FeN2P2. The van der Waals surface area contributed by atoms with Gasteiger partial charge in [0.15, 0.2) is 0 Å². The van der Waals surface area contributed by atoms with Crippen molar-refractivity contribution < 1.29 is 17.1 Å². The zero-order chi connectivity index (χ0) is 38.7. The van der Waals surface area contributed by atoms with Gasteiger partial charge in [0.2, 0.25) is 0 Å². The molecule has 6 aromatic rings. The molecule has 4 unspecified atom stereocenters. The average Bonchev–Trinajstić information content (AvgIpc) is 3.91. The molecule has 0 spiro atoms. The molecule has 6 aromatic carbocycles. The Morgan fingerprint density at radius 1 is 0.368 bits per heavy atom. The van der Waals surface area contributed by atoms with Gasteiger partial charge in [-0.2, -0.15) is 0 Å². The zero-order valence-electron chi connectivity index (χ0n) is 34.2. The van der Waals surface area contributed by atoms with Crippen molar-refractivity contribution in [3.05, 3.63) is 193 Å². The van der Waals surface area contributed by atoms with Crippen molar-refractivity contribution in [3.8, 4) is 0 Å². The van der Waals surface area contributed by atoms with Crippen LogP contribution >= 0.6 is 15.8 Å². The molecule has 0 saturated heterocycles. The fourth-order valence-electron chi connectivity index (χ4n) is 9.89. The molecule has 0 bridgehead atoms. The molecule has 0 radical (unpaired) electrons. The van der Waals surface area contributed by atoms with Crippen LogP contribution in [0.2, 0.25) is 0 Å². The largest absolute Gasteiger partial charge is 0.302 e. The maximum absolute atomic E-state index is 2.45.